The molecule has 301 valence electrons. The first-order chi connectivity index (χ1) is 25.9. The number of hydrogen-bond acceptors (Lipinski definition) is 5. The number of aliphatic hydroxyl groups excluding tert-OH is 1. The molecular weight excluding hydrogens is 871 g/mol. The molecule has 6 heteroatoms. The number of aliphatic hydroxyl groups is 1. The minimum Gasteiger partial charge on any atom is -0.512 e. The van der Waals surface area contributed by atoms with Crippen molar-refractivity contribution in [1.82, 2.24) is 4.98 Å². The second kappa shape index (κ2) is 17.7. The average Bonchev–Trinajstić information content (AvgIpc) is 3.67. The predicted octanol–water partition coefficient (Wildman–Crippen LogP) is 14.6. The predicted molar refractivity (Wildman–Crippen MR) is 231 cm³/mol. The summed E-state index contributed by atoms with van der Waals surface area (Å²) in [5, 5.41) is 14.7. The Morgan fingerprint density at radius 3 is 2.09 bits per heavy atom. The number of nitrogens with zero attached hydrogens (tertiary/aromatic N) is 1. The number of benzene rings is 3. The van der Waals surface area contributed by atoms with Gasteiger partial charge in [0, 0.05) is 70.8 Å². The van der Waals surface area contributed by atoms with E-state index >= 15 is 0 Å². The molecule has 3 aromatic heterocycles. The van der Waals surface area contributed by atoms with Gasteiger partial charge >= 0.3 is 0 Å². The summed E-state index contributed by atoms with van der Waals surface area (Å²) < 4.78 is 12.7. The van der Waals surface area contributed by atoms with Crippen LogP contribution in [0.2, 0.25) is 0 Å². The van der Waals surface area contributed by atoms with E-state index in [1.807, 2.05) is 53.8 Å². The molecule has 0 saturated carbocycles. The van der Waals surface area contributed by atoms with Gasteiger partial charge in [0.05, 0.1) is 0 Å². The van der Waals surface area contributed by atoms with E-state index in [-0.39, 0.29) is 47.9 Å². The smallest absolute Gasteiger partial charge is 0.164 e. The zero-order valence-corrected chi connectivity index (χ0v) is 38.3. The summed E-state index contributed by atoms with van der Waals surface area (Å²) in [6.45, 7) is 27.5. The Kier molecular flexibility index (Phi) is 14.1. The fourth-order valence-corrected chi connectivity index (χ4v) is 7.41. The molecule has 6 aromatic rings. The minimum atomic E-state index is -0.337. The van der Waals surface area contributed by atoms with Gasteiger partial charge in [0.25, 0.3) is 0 Å². The number of rotatable bonds is 11. The monoisotopic (exact) mass is 933 g/mol. The first-order valence-corrected chi connectivity index (χ1v) is 20.2. The number of pyridine rings is 1. The standard InChI is InChI=1S/C35H34NO2.C15H28O2.Ir/c1-20(2)16-28-22(4)37-31-19-24(12-13-27(28)31)34-21(3)32-30(38-34)14-15-36-33(32)25-17-23-10-8-9-11-26(23)29(18-25)35(5,6)7;1-7-14(5,8-2)12(16)11-13(17)15(6,9-3)10-4;/h8-15,18-20H,16H2,1-7H3;11,16H,7-10H2,1-6H3;/q-1;;/b;12-11-;. The molecule has 0 amide bonds. The molecule has 0 spiro atoms. The summed E-state index contributed by atoms with van der Waals surface area (Å²) in [5.74, 6) is 2.71. The fourth-order valence-electron chi connectivity index (χ4n) is 7.41. The molecule has 3 aromatic carbocycles. The van der Waals surface area contributed by atoms with Crippen LogP contribution in [-0.4, -0.2) is 15.9 Å². The Morgan fingerprint density at radius 2 is 1.48 bits per heavy atom. The van der Waals surface area contributed by atoms with Gasteiger partial charge in [0.1, 0.15) is 28.4 Å². The van der Waals surface area contributed by atoms with Crippen molar-refractivity contribution in [2.45, 2.75) is 128 Å². The summed E-state index contributed by atoms with van der Waals surface area (Å²) in [7, 11) is 0. The number of aromatic nitrogens is 1. The number of carbonyl (C=O) groups is 1. The van der Waals surface area contributed by atoms with Crippen LogP contribution in [0, 0.1) is 36.7 Å². The Bertz CT molecular complexity index is 2340. The molecular formula is C50H62IrNO4-. The molecule has 0 fully saturated rings. The molecule has 1 radical (unpaired) electrons. The van der Waals surface area contributed by atoms with Crippen LogP contribution in [0.25, 0.3) is 55.3 Å². The molecule has 3 heterocycles. The summed E-state index contributed by atoms with van der Waals surface area (Å²) in [6, 6.07) is 22.8. The van der Waals surface area contributed by atoms with Crippen molar-refractivity contribution < 1.29 is 38.8 Å². The Balaban J connectivity index is 0.000000330. The largest absolute Gasteiger partial charge is 0.512 e. The SMILES string of the molecule is CCC(C)(CC)C(=O)/C=C(\O)C(C)(CC)CC.Cc1oc2cc(-c3oc4ccnc(-c5[c-]c6ccccc6c(C(C)(C)C)c5)c4c3C)ccc2c1CC(C)C.[Ir]. The second-order valence-corrected chi connectivity index (χ2v) is 17.4. The van der Waals surface area contributed by atoms with Crippen LogP contribution in [0.1, 0.15) is 124 Å². The van der Waals surface area contributed by atoms with Crippen LogP contribution < -0.4 is 0 Å². The van der Waals surface area contributed by atoms with Crippen LogP contribution in [0.4, 0.5) is 0 Å². The van der Waals surface area contributed by atoms with Crippen LogP contribution >= 0.6 is 0 Å². The second-order valence-electron chi connectivity index (χ2n) is 17.4. The third-order valence-corrected chi connectivity index (χ3v) is 12.2. The molecule has 1 N–H and O–H groups in total. The number of hydrogen-bond donors (Lipinski definition) is 1. The van der Waals surface area contributed by atoms with Gasteiger partial charge in [0.2, 0.25) is 0 Å². The van der Waals surface area contributed by atoms with Gasteiger partial charge in [-0.25, -0.2) is 0 Å². The molecule has 0 bridgehead atoms. The topological polar surface area (TPSA) is 76.5 Å². The van der Waals surface area contributed by atoms with E-state index in [1.165, 1.54) is 28.0 Å². The number of ketones is 1. The van der Waals surface area contributed by atoms with E-state index < -0.39 is 0 Å². The quantitative estimate of drug-likeness (QED) is 0.0796. The van der Waals surface area contributed by atoms with Crippen LogP contribution in [-0.2, 0) is 36.7 Å². The van der Waals surface area contributed by atoms with E-state index in [4.69, 9.17) is 13.8 Å². The van der Waals surface area contributed by atoms with Gasteiger partial charge in [-0.1, -0.05) is 117 Å². The summed E-state index contributed by atoms with van der Waals surface area (Å²) in [5.41, 5.74) is 7.70. The summed E-state index contributed by atoms with van der Waals surface area (Å²) >= 11 is 0. The molecule has 0 aliphatic carbocycles. The molecule has 56 heavy (non-hydrogen) atoms. The van der Waals surface area contributed by atoms with E-state index in [0.29, 0.717) is 5.92 Å². The van der Waals surface area contributed by atoms with Crippen LogP contribution in [0.3, 0.4) is 0 Å². The Morgan fingerprint density at radius 1 is 0.839 bits per heavy atom. The Hall–Kier alpha value is -3.99. The normalized spacial score (nSPS) is 12.6. The number of furan rings is 2. The third-order valence-electron chi connectivity index (χ3n) is 12.2. The summed E-state index contributed by atoms with van der Waals surface area (Å²) in [4.78, 5) is 17.0. The maximum atomic E-state index is 12.2. The van der Waals surface area contributed by atoms with E-state index in [9.17, 15) is 9.90 Å². The van der Waals surface area contributed by atoms with Crippen molar-refractivity contribution in [3.8, 4) is 22.6 Å². The zero-order valence-electron chi connectivity index (χ0n) is 35.9. The average molecular weight is 933 g/mol. The zero-order chi connectivity index (χ0) is 40.5. The van der Waals surface area contributed by atoms with Crippen LogP contribution in [0.5, 0.6) is 0 Å². The summed E-state index contributed by atoms with van der Waals surface area (Å²) in [6.07, 6.45) is 7.60. The van der Waals surface area contributed by atoms with Crippen molar-refractivity contribution in [1.29, 1.82) is 0 Å². The molecule has 0 atom stereocenters. The Labute approximate surface area is 348 Å². The molecule has 0 aliphatic heterocycles. The first-order valence-electron chi connectivity index (χ1n) is 20.2. The molecule has 5 nitrogen and oxygen atoms in total. The van der Waals surface area contributed by atoms with Crippen LogP contribution in [0.15, 0.2) is 81.5 Å². The van der Waals surface area contributed by atoms with Gasteiger partial charge in [0.15, 0.2) is 5.78 Å². The first kappa shape index (κ1) is 44.7. The maximum absolute atomic E-state index is 12.2. The van der Waals surface area contributed by atoms with E-state index in [0.717, 1.165) is 87.9 Å². The van der Waals surface area contributed by atoms with Crippen molar-refractivity contribution in [2.24, 2.45) is 16.7 Å². The fraction of sp³-hybridized carbons (Fsp3) is 0.440. The molecule has 6 rings (SSSR count). The molecule has 0 unspecified atom stereocenters. The van der Waals surface area contributed by atoms with Gasteiger partial charge in [-0.2, -0.15) is 0 Å². The van der Waals surface area contributed by atoms with E-state index in [2.05, 4.69) is 103 Å². The van der Waals surface area contributed by atoms with E-state index in [1.54, 1.807) is 0 Å². The van der Waals surface area contributed by atoms with Crippen molar-refractivity contribution in [2.75, 3.05) is 0 Å². The minimum absolute atomic E-state index is 0. The number of carbonyl (C=O) groups excluding carboxylic acids is 1. The maximum Gasteiger partial charge on any atom is 0.164 e. The molecule has 0 saturated heterocycles. The molecule has 0 aliphatic rings. The van der Waals surface area contributed by atoms with Gasteiger partial charge in [-0.15, -0.1) is 29.1 Å². The third kappa shape index (κ3) is 8.93. The van der Waals surface area contributed by atoms with Gasteiger partial charge < -0.3 is 13.9 Å². The van der Waals surface area contributed by atoms with Crippen molar-refractivity contribution in [3.63, 3.8) is 0 Å². The van der Waals surface area contributed by atoms with Crippen molar-refractivity contribution in [3.05, 3.63) is 101 Å². The van der Waals surface area contributed by atoms with Gasteiger partial charge in [-0.05, 0) is 75.0 Å². The van der Waals surface area contributed by atoms with Gasteiger partial charge in [-0.3, -0.25) is 9.78 Å². The number of allylic oxidation sites excluding steroid dienone is 2. The number of aryl methyl sites for hydroxylation is 2. The van der Waals surface area contributed by atoms with Crippen molar-refractivity contribution >= 4 is 38.5 Å². The number of fused-ring (bicyclic) bond motifs is 3.